The summed E-state index contributed by atoms with van der Waals surface area (Å²) < 4.78 is 42.9. The van der Waals surface area contributed by atoms with Crippen LogP contribution < -0.4 is 10.1 Å². The standard InChI is InChI=1S/C18H13F3N4O2/c1-11-8-9-22-17(24-11)25-16(26)12-2-5-14(6-3-12)27-15-7-4-13(10-23-15)18(19,20)21/h2-10H,1H3,(H,22,24,25,26). The molecule has 27 heavy (non-hydrogen) atoms. The van der Waals surface area contributed by atoms with Crippen molar-refractivity contribution in [2.24, 2.45) is 0 Å². The Balaban J connectivity index is 1.65. The molecule has 1 aromatic carbocycles. The van der Waals surface area contributed by atoms with Crippen LogP contribution in [0.15, 0.2) is 54.9 Å². The highest BCUT2D eigenvalue weighted by atomic mass is 19.4. The van der Waals surface area contributed by atoms with Crippen molar-refractivity contribution in [3.8, 4) is 11.6 Å². The summed E-state index contributed by atoms with van der Waals surface area (Å²) >= 11 is 0. The SMILES string of the molecule is Cc1ccnc(NC(=O)c2ccc(Oc3ccc(C(F)(F)F)cn3)cc2)n1. The molecule has 0 atom stereocenters. The zero-order chi connectivity index (χ0) is 19.4. The lowest BCUT2D eigenvalue weighted by Crippen LogP contribution is -2.14. The molecule has 0 radical (unpaired) electrons. The Kier molecular flexibility index (Phi) is 5.02. The van der Waals surface area contributed by atoms with Crippen LogP contribution in [0.25, 0.3) is 0 Å². The van der Waals surface area contributed by atoms with E-state index in [1.165, 1.54) is 30.5 Å². The maximum Gasteiger partial charge on any atom is 0.417 e. The number of hydrogen-bond donors (Lipinski definition) is 1. The van der Waals surface area contributed by atoms with Gasteiger partial charge >= 0.3 is 6.18 Å². The molecule has 0 spiro atoms. The lowest BCUT2D eigenvalue weighted by molar-refractivity contribution is -0.137. The maximum absolute atomic E-state index is 12.5. The van der Waals surface area contributed by atoms with Gasteiger partial charge in [0, 0.05) is 29.7 Å². The summed E-state index contributed by atoms with van der Waals surface area (Å²) in [5.41, 5.74) is 0.196. The molecule has 0 aliphatic carbocycles. The Morgan fingerprint density at radius 3 is 2.37 bits per heavy atom. The number of hydrogen-bond acceptors (Lipinski definition) is 5. The van der Waals surface area contributed by atoms with Gasteiger partial charge in [-0.05, 0) is 43.3 Å². The van der Waals surface area contributed by atoms with Crippen LogP contribution in [0, 0.1) is 6.92 Å². The van der Waals surface area contributed by atoms with E-state index in [4.69, 9.17) is 4.74 Å². The van der Waals surface area contributed by atoms with Crippen LogP contribution in [0.3, 0.4) is 0 Å². The third-order valence-corrected chi connectivity index (χ3v) is 3.42. The molecule has 2 heterocycles. The summed E-state index contributed by atoms with van der Waals surface area (Å²) in [6, 6.07) is 9.73. The van der Waals surface area contributed by atoms with Crippen molar-refractivity contribution < 1.29 is 22.7 Å². The number of pyridine rings is 1. The summed E-state index contributed by atoms with van der Waals surface area (Å²) in [5.74, 6) is 0.119. The highest BCUT2D eigenvalue weighted by Gasteiger charge is 2.30. The van der Waals surface area contributed by atoms with Crippen molar-refractivity contribution in [2.75, 3.05) is 5.32 Å². The maximum atomic E-state index is 12.5. The molecular formula is C18H13F3N4O2. The molecule has 0 saturated heterocycles. The van der Waals surface area contributed by atoms with E-state index in [1.807, 2.05) is 0 Å². The Morgan fingerprint density at radius 1 is 1.04 bits per heavy atom. The van der Waals surface area contributed by atoms with Gasteiger partial charge in [-0.1, -0.05) is 0 Å². The monoisotopic (exact) mass is 374 g/mol. The van der Waals surface area contributed by atoms with E-state index in [0.29, 0.717) is 23.2 Å². The van der Waals surface area contributed by atoms with Gasteiger partial charge in [0.1, 0.15) is 5.75 Å². The van der Waals surface area contributed by atoms with Crippen LogP contribution in [0.2, 0.25) is 0 Å². The van der Waals surface area contributed by atoms with Gasteiger partial charge in [-0.25, -0.2) is 15.0 Å². The van der Waals surface area contributed by atoms with E-state index in [2.05, 4.69) is 20.3 Å². The molecule has 0 fully saturated rings. The minimum atomic E-state index is -4.46. The number of nitrogens with zero attached hydrogens (tertiary/aromatic N) is 3. The molecule has 3 aromatic rings. The number of aryl methyl sites for hydroxylation is 1. The van der Waals surface area contributed by atoms with E-state index in [1.54, 1.807) is 13.0 Å². The number of rotatable bonds is 4. The predicted molar refractivity (Wildman–Crippen MR) is 90.5 cm³/mol. The van der Waals surface area contributed by atoms with Gasteiger partial charge in [0.05, 0.1) is 5.56 Å². The highest BCUT2D eigenvalue weighted by molar-refractivity contribution is 6.03. The fourth-order valence-corrected chi connectivity index (χ4v) is 2.09. The summed E-state index contributed by atoms with van der Waals surface area (Å²) in [4.78, 5) is 23.8. The number of carbonyl (C=O) groups excluding carboxylic acids is 1. The zero-order valence-corrected chi connectivity index (χ0v) is 14.0. The Hall–Kier alpha value is -3.49. The molecule has 138 valence electrons. The van der Waals surface area contributed by atoms with Crippen molar-refractivity contribution in [3.63, 3.8) is 0 Å². The van der Waals surface area contributed by atoms with Gasteiger partial charge in [-0.15, -0.1) is 0 Å². The molecule has 0 saturated carbocycles. The van der Waals surface area contributed by atoms with Crippen LogP contribution in [0.4, 0.5) is 19.1 Å². The quantitative estimate of drug-likeness (QED) is 0.739. The third-order valence-electron chi connectivity index (χ3n) is 3.42. The minimum absolute atomic E-state index is 0.00774. The number of halogens is 3. The first-order chi connectivity index (χ1) is 12.8. The van der Waals surface area contributed by atoms with E-state index >= 15 is 0 Å². The Morgan fingerprint density at radius 2 is 1.78 bits per heavy atom. The molecule has 2 aromatic heterocycles. The molecule has 1 N–H and O–H groups in total. The highest BCUT2D eigenvalue weighted by Crippen LogP contribution is 2.30. The van der Waals surface area contributed by atoms with Crippen molar-refractivity contribution >= 4 is 11.9 Å². The van der Waals surface area contributed by atoms with Crippen LogP contribution in [-0.4, -0.2) is 20.9 Å². The summed E-state index contributed by atoms with van der Waals surface area (Å²) in [7, 11) is 0. The Bertz CT molecular complexity index is 942. The first-order valence-electron chi connectivity index (χ1n) is 7.73. The number of aromatic nitrogens is 3. The number of alkyl halides is 3. The van der Waals surface area contributed by atoms with Gasteiger partial charge in [-0.2, -0.15) is 13.2 Å². The smallest absolute Gasteiger partial charge is 0.417 e. The lowest BCUT2D eigenvalue weighted by atomic mass is 10.2. The first kappa shape index (κ1) is 18.3. The normalized spacial score (nSPS) is 11.1. The van der Waals surface area contributed by atoms with Crippen LogP contribution in [0.5, 0.6) is 11.6 Å². The van der Waals surface area contributed by atoms with Crippen molar-refractivity contribution in [2.45, 2.75) is 13.1 Å². The van der Waals surface area contributed by atoms with E-state index in [-0.39, 0.29) is 11.8 Å². The molecule has 1 amide bonds. The second-order valence-corrected chi connectivity index (χ2v) is 5.49. The van der Waals surface area contributed by atoms with Gasteiger partial charge in [0.25, 0.3) is 5.91 Å². The van der Waals surface area contributed by atoms with Crippen molar-refractivity contribution in [1.82, 2.24) is 15.0 Å². The van der Waals surface area contributed by atoms with Crippen molar-refractivity contribution in [3.05, 3.63) is 71.7 Å². The van der Waals surface area contributed by atoms with Gasteiger partial charge < -0.3 is 4.74 Å². The summed E-state index contributed by atoms with van der Waals surface area (Å²) in [6.45, 7) is 1.78. The second kappa shape index (κ2) is 7.40. The summed E-state index contributed by atoms with van der Waals surface area (Å²) in [6.07, 6.45) is -2.23. The molecule has 0 aliphatic rings. The zero-order valence-electron chi connectivity index (χ0n) is 14.0. The van der Waals surface area contributed by atoms with Crippen molar-refractivity contribution in [1.29, 1.82) is 0 Å². The predicted octanol–water partition coefficient (Wildman–Crippen LogP) is 4.24. The van der Waals surface area contributed by atoms with Gasteiger partial charge in [-0.3, -0.25) is 10.1 Å². The van der Waals surface area contributed by atoms with Gasteiger partial charge in [0.2, 0.25) is 11.8 Å². The molecule has 0 bridgehead atoms. The van der Waals surface area contributed by atoms with Gasteiger partial charge in [0.15, 0.2) is 0 Å². The van der Waals surface area contributed by atoms with E-state index in [0.717, 1.165) is 12.1 Å². The number of benzene rings is 1. The topological polar surface area (TPSA) is 77.0 Å². The molecule has 9 heteroatoms. The number of nitrogens with one attached hydrogen (secondary N) is 1. The largest absolute Gasteiger partial charge is 0.439 e. The number of anilines is 1. The van der Waals surface area contributed by atoms with E-state index in [9.17, 15) is 18.0 Å². The number of amides is 1. The third kappa shape index (κ3) is 4.78. The lowest BCUT2D eigenvalue weighted by Gasteiger charge is -2.08. The average Bonchev–Trinajstić information content (AvgIpc) is 2.62. The van der Waals surface area contributed by atoms with Crippen LogP contribution >= 0.6 is 0 Å². The minimum Gasteiger partial charge on any atom is -0.439 e. The summed E-state index contributed by atoms with van der Waals surface area (Å²) in [5, 5.41) is 2.57. The Labute approximate surface area is 152 Å². The number of carbonyl (C=O) groups is 1. The van der Waals surface area contributed by atoms with Crippen LogP contribution in [-0.2, 0) is 6.18 Å². The second-order valence-electron chi connectivity index (χ2n) is 5.49. The molecule has 6 nitrogen and oxygen atoms in total. The fourth-order valence-electron chi connectivity index (χ4n) is 2.09. The molecule has 3 rings (SSSR count). The first-order valence-corrected chi connectivity index (χ1v) is 7.73. The molecular weight excluding hydrogens is 361 g/mol. The fraction of sp³-hybridized carbons (Fsp3) is 0.111. The average molecular weight is 374 g/mol. The molecule has 0 aliphatic heterocycles. The van der Waals surface area contributed by atoms with E-state index < -0.39 is 17.6 Å². The number of ether oxygens (including phenoxy) is 1. The molecule has 0 unspecified atom stereocenters. The van der Waals surface area contributed by atoms with Crippen LogP contribution in [0.1, 0.15) is 21.6 Å².